The lowest BCUT2D eigenvalue weighted by Gasteiger charge is -2.34. The van der Waals surface area contributed by atoms with E-state index in [2.05, 4.69) is 28.3 Å². The molecule has 3 rings (SSSR count). The van der Waals surface area contributed by atoms with Gasteiger partial charge in [0.2, 0.25) is 11.9 Å². The Morgan fingerprint density at radius 2 is 2.35 bits per heavy atom. The largest absolute Gasteiger partial charge is 0.368 e. The number of nitrogens with two attached hydrogens (primary N) is 1. The molecule has 0 aromatic carbocycles. The zero-order chi connectivity index (χ0) is 14.3. The summed E-state index contributed by atoms with van der Waals surface area (Å²) in [6, 6.07) is 1.86. The molecule has 3 N–H and O–H groups in total. The molecule has 2 aromatic heterocycles. The summed E-state index contributed by atoms with van der Waals surface area (Å²) in [6.45, 7) is 5.35. The van der Waals surface area contributed by atoms with Gasteiger partial charge in [0.25, 0.3) is 0 Å². The molecule has 1 atom stereocenters. The highest BCUT2D eigenvalue weighted by Gasteiger charge is 2.28. The van der Waals surface area contributed by atoms with E-state index in [1.807, 2.05) is 11.8 Å². The van der Waals surface area contributed by atoms with Crippen molar-refractivity contribution in [1.29, 1.82) is 0 Å². The summed E-state index contributed by atoms with van der Waals surface area (Å²) < 4.78 is 0. The Bertz CT molecular complexity index is 668. The SMILES string of the molecule is CCc1cc2c(N3CCNC(=O)C3C)nc(N)nc2s1. The van der Waals surface area contributed by atoms with Gasteiger partial charge in [0, 0.05) is 18.0 Å². The van der Waals surface area contributed by atoms with Gasteiger partial charge in [0.05, 0.1) is 5.39 Å². The number of fused-ring (bicyclic) bond motifs is 1. The normalized spacial score (nSPS) is 19.4. The van der Waals surface area contributed by atoms with Gasteiger partial charge < -0.3 is 16.0 Å². The first-order chi connectivity index (χ1) is 9.60. The smallest absolute Gasteiger partial charge is 0.242 e. The second kappa shape index (κ2) is 4.90. The molecule has 0 spiro atoms. The van der Waals surface area contributed by atoms with E-state index in [4.69, 9.17) is 5.73 Å². The quantitative estimate of drug-likeness (QED) is 0.867. The molecule has 1 unspecified atom stereocenters. The zero-order valence-corrected chi connectivity index (χ0v) is 12.3. The van der Waals surface area contributed by atoms with Crippen LogP contribution in [0.25, 0.3) is 10.2 Å². The molecule has 6 nitrogen and oxygen atoms in total. The maximum Gasteiger partial charge on any atom is 0.242 e. The number of piperazine rings is 1. The molecule has 0 radical (unpaired) electrons. The van der Waals surface area contributed by atoms with E-state index in [1.165, 1.54) is 4.88 Å². The highest BCUT2D eigenvalue weighted by molar-refractivity contribution is 7.18. The molecule has 1 amide bonds. The number of anilines is 2. The molecule has 1 aliphatic heterocycles. The number of nitrogens with one attached hydrogen (secondary N) is 1. The highest BCUT2D eigenvalue weighted by Crippen LogP contribution is 2.33. The lowest BCUT2D eigenvalue weighted by Crippen LogP contribution is -2.54. The van der Waals surface area contributed by atoms with E-state index in [-0.39, 0.29) is 17.9 Å². The van der Waals surface area contributed by atoms with E-state index in [0.29, 0.717) is 6.54 Å². The Morgan fingerprint density at radius 3 is 3.10 bits per heavy atom. The third-order valence-electron chi connectivity index (χ3n) is 3.56. The Hall–Kier alpha value is -1.89. The number of carbonyl (C=O) groups excluding carboxylic acids is 1. The number of hydrogen-bond donors (Lipinski definition) is 2. The number of hydrogen-bond acceptors (Lipinski definition) is 6. The van der Waals surface area contributed by atoms with Gasteiger partial charge in [0.15, 0.2) is 0 Å². The van der Waals surface area contributed by atoms with Gasteiger partial charge in [0.1, 0.15) is 16.7 Å². The Balaban J connectivity index is 2.14. The summed E-state index contributed by atoms with van der Waals surface area (Å²) in [5, 5.41) is 3.85. The first-order valence-electron chi connectivity index (χ1n) is 6.70. The number of aromatic nitrogens is 2. The van der Waals surface area contributed by atoms with Crippen LogP contribution in [0.3, 0.4) is 0 Å². The van der Waals surface area contributed by atoms with Gasteiger partial charge in [-0.1, -0.05) is 6.92 Å². The molecule has 0 saturated carbocycles. The third kappa shape index (κ3) is 2.07. The van der Waals surface area contributed by atoms with E-state index in [0.717, 1.165) is 29.0 Å². The number of thiophene rings is 1. The summed E-state index contributed by atoms with van der Waals surface area (Å²) >= 11 is 1.63. The van der Waals surface area contributed by atoms with Crippen LogP contribution in [0, 0.1) is 0 Å². The molecule has 106 valence electrons. The van der Waals surface area contributed by atoms with Crippen LogP contribution in [0.2, 0.25) is 0 Å². The molecule has 1 fully saturated rings. The monoisotopic (exact) mass is 291 g/mol. The standard InChI is InChI=1S/C13H17N5OS/c1-3-8-6-9-10(16-13(14)17-12(9)20-8)18-5-4-15-11(19)7(18)2/h6-7H,3-5H2,1-2H3,(H,15,19)(H2,14,16,17). The van der Waals surface area contributed by atoms with Crippen LogP contribution in [0.5, 0.6) is 0 Å². The van der Waals surface area contributed by atoms with Gasteiger partial charge in [-0.25, -0.2) is 4.98 Å². The summed E-state index contributed by atoms with van der Waals surface area (Å²) in [5.41, 5.74) is 5.82. The second-order valence-electron chi connectivity index (χ2n) is 4.85. The lowest BCUT2D eigenvalue weighted by atomic mass is 10.2. The van der Waals surface area contributed by atoms with Crippen molar-refractivity contribution in [2.75, 3.05) is 23.7 Å². The van der Waals surface area contributed by atoms with Crippen LogP contribution < -0.4 is 16.0 Å². The Kier molecular flexibility index (Phi) is 3.21. The summed E-state index contributed by atoms with van der Waals surface area (Å²) in [4.78, 5) is 24.7. The summed E-state index contributed by atoms with van der Waals surface area (Å²) in [5.74, 6) is 1.05. The van der Waals surface area contributed by atoms with Gasteiger partial charge in [-0.15, -0.1) is 11.3 Å². The van der Waals surface area contributed by atoms with Crippen molar-refractivity contribution in [1.82, 2.24) is 15.3 Å². The van der Waals surface area contributed by atoms with E-state index in [1.54, 1.807) is 11.3 Å². The van der Waals surface area contributed by atoms with Crippen molar-refractivity contribution in [2.24, 2.45) is 0 Å². The number of amides is 1. The number of nitrogens with zero attached hydrogens (tertiary/aromatic N) is 3. The van der Waals surface area contributed by atoms with Crippen molar-refractivity contribution >= 4 is 39.2 Å². The minimum Gasteiger partial charge on any atom is -0.368 e. The molecule has 7 heteroatoms. The third-order valence-corrected chi connectivity index (χ3v) is 4.73. The van der Waals surface area contributed by atoms with Crippen molar-refractivity contribution in [2.45, 2.75) is 26.3 Å². The Labute approximate surface area is 121 Å². The summed E-state index contributed by atoms with van der Waals surface area (Å²) in [7, 11) is 0. The minimum absolute atomic E-state index is 0.0209. The van der Waals surface area contributed by atoms with Crippen LogP contribution >= 0.6 is 11.3 Å². The van der Waals surface area contributed by atoms with E-state index in [9.17, 15) is 4.79 Å². The topological polar surface area (TPSA) is 84.1 Å². The number of rotatable bonds is 2. The average molecular weight is 291 g/mol. The number of nitrogen functional groups attached to an aromatic ring is 1. The molecule has 1 saturated heterocycles. The molecule has 0 bridgehead atoms. The Morgan fingerprint density at radius 1 is 1.55 bits per heavy atom. The summed E-state index contributed by atoms with van der Waals surface area (Å²) in [6.07, 6.45) is 0.955. The van der Waals surface area contributed by atoms with Crippen LogP contribution in [-0.2, 0) is 11.2 Å². The van der Waals surface area contributed by atoms with Crippen LogP contribution in [0.4, 0.5) is 11.8 Å². The first kappa shape index (κ1) is 13.1. The second-order valence-corrected chi connectivity index (χ2v) is 5.97. The molecule has 1 aliphatic rings. The average Bonchev–Trinajstić information content (AvgIpc) is 2.84. The van der Waals surface area contributed by atoms with Gasteiger partial charge in [-0.05, 0) is 19.4 Å². The highest BCUT2D eigenvalue weighted by atomic mass is 32.1. The maximum atomic E-state index is 11.8. The van der Waals surface area contributed by atoms with Gasteiger partial charge in [-0.3, -0.25) is 4.79 Å². The number of carbonyl (C=O) groups is 1. The van der Waals surface area contributed by atoms with Crippen molar-refractivity contribution in [3.63, 3.8) is 0 Å². The fourth-order valence-corrected chi connectivity index (χ4v) is 3.41. The maximum absolute atomic E-state index is 11.8. The molecular weight excluding hydrogens is 274 g/mol. The molecule has 20 heavy (non-hydrogen) atoms. The predicted octanol–water partition coefficient (Wildman–Crippen LogP) is 1.16. The van der Waals surface area contributed by atoms with Crippen LogP contribution in [0.15, 0.2) is 6.07 Å². The van der Waals surface area contributed by atoms with Crippen molar-refractivity contribution in [3.8, 4) is 0 Å². The fourth-order valence-electron chi connectivity index (χ4n) is 2.44. The minimum atomic E-state index is -0.244. The lowest BCUT2D eigenvalue weighted by molar-refractivity contribution is -0.122. The van der Waals surface area contributed by atoms with E-state index >= 15 is 0 Å². The van der Waals surface area contributed by atoms with Crippen molar-refractivity contribution < 1.29 is 4.79 Å². The molecular formula is C13H17N5OS. The van der Waals surface area contributed by atoms with Crippen LogP contribution in [0.1, 0.15) is 18.7 Å². The zero-order valence-electron chi connectivity index (χ0n) is 11.5. The first-order valence-corrected chi connectivity index (χ1v) is 7.52. The molecule has 3 heterocycles. The molecule has 2 aromatic rings. The van der Waals surface area contributed by atoms with Gasteiger partial charge in [-0.2, -0.15) is 4.98 Å². The van der Waals surface area contributed by atoms with Crippen LogP contribution in [-0.4, -0.2) is 35.0 Å². The number of aryl methyl sites for hydroxylation is 1. The van der Waals surface area contributed by atoms with Crippen molar-refractivity contribution in [3.05, 3.63) is 10.9 Å². The van der Waals surface area contributed by atoms with E-state index < -0.39 is 0 Å². The van der Waals surface area contributed by atoms with Gasteiger partial charge >= 0.3 is 0 Å². The fraction of sp³-hybridized carbons (Fsp3) is 0.462. The molecule has 0 aliphatic carbocycles. The predicted molar refractivity (Wildman–Crippen MR) is 81.0 cm³/mol.